The highest BCUT2D eigenvalue weighted by Gasteiger charge is 2.36. The van der Waals surface area contributed by atoms with E-state index in [9.17, 15) is 9.90 Å². The van der Waals surface area contributed by atoms with Crippen LogP contribution in [0.2, 0.25) is 0 Å². The second kappa shape index (κ2) is 12.9. The van der Waals surface area contributed by atoms with Gasteiger partial charge in [0.2, 0.25) is 5.91 Å². The third-order valence-electron chi connectivity index (χ3n) is 9.76. The van der Waals surface area contributed by atoms with Crippen LogP contribution in [-0.4, -0.2) is 91.9 Å². The highest BCUT2D eigenvalue weighted by molar-refractivity contribution is 5.78. The van der Waals surface area contributed by atoms with Crippen molar-refractivity contribution in [2.24, 2.45) is 17.8 Å². The molecule has 7 unspecified atom stereocenters. The Morgan fingerprint density at radius 3 is 2.69 bits per heavy atom. The lowest BCUT2D eigenvalue weighted by Gasteiger charge is -2.44. The summed E-state index contributed by atoms with van der Waals surface area (Å²) < 4.78 is 12.0. The Morgan fingerprint density at radius 1 is 1.08 bits per heavy atom. The first kappa shape index (κ1) is 26.8. The zero-order valence-corrected chi connectivity index (χ0v) is 22.3. The first-order valence-corrected chi connectivity index (χ1v) is 14.9. The van der Waals surface area contributed by atoms with Crippen LogP contribution in [0.25, 0.3) is 0 Å². The molecule has 3 saturated carbocycles. The fraction of sp³-hybridized carbons (Fsp3) is 0.964. The number of carbonyl (C=O) groups excluding carboxylic acids is 1. The molecule has 8 heteroatoms. The van der Waals surface area contributed by atoms with Crippen molar-refractivity contribution >= 4 is 5.91 Å². The Hall–Kier alpha value is -0.770. The molecule has 36 heavy (non-hydrogen) atoms. The van der Waals surface area contributed by atoms with Crippen LogP contribution in [0.4, 0.5) is 0 Å². The van der Waals surface area contributed by atoms with E-state index >= 15 is 0 Å². The number of nitrogens with one attached hydrogen (secondary N) is 3. The van der Waals surface area contributed by atoms with E-state index in [0.717, 1.165) is 51.1 Å². The molecule has 2 heterocycles. The lowest BCUT2D eigenvalue weighted by molar-refractivity contribution is -0.126. The van der Waals surface area contributed by atoms with Gasteiger partial charge in [0.25, 0.3) is 0 Å². The molecule has 0 bridgehead atoms. The van der Waals surface area contributed by atoms with E-state index in [-0.39, 0.29) is 17.9 Å². The van der Waals surface area contributed by atoms with E-state index < -0.39 is 6.10 Å². The maximum atomic E-state index is 12.8. The molecule has 8 nitrogen and oxygen atoms in total. The molecule has 0 radical (unpaired) electrons. The van der Waals surface area contributed by atoms with Gasteiger partial charge in [-0.1, -0.05) is 12.8 Å². The number of amides is 1. The van der Waals surface area contributed by atoms with Crippen LogP contribution in [0.5, 0.6) is 0 Å². The summed E-state index contributed by atoms with van der Waals surface area (Å²) in [6.45, 7) is 6.60. The summed E-state index contributed by atoms with van der Waals surface area (Å²) in [5, 5.41) is 20.8. The minimum absolute atomic E-state index is 0.0939. The molecule has 0 aromatic carbocycles. The Morgan fingerprint density at radius 2 is 1.92 bits per heavy atom. The fourth-order valence-corrected chi connectivity index (χ4v) is 7.16. The van der Waals surface area contributed by atoms with Crippen molar-refractivity contribution in [2.75, 3.05) is 39.5 Å². The normalized spacial score (nSPS) is 38.8. The molecule has 1 amide bonds. The number of aliphatic hydroxyl groups is 1. The Labute approximate surface area is 217 Å². The molecule has 0 aromatic rings. The molecule has 0 aromatic heterocycles. The Bertz CT molecular complexity index is 707. The van der Waals surface area contributed by atoms with Gasteiger partial charge >= 0.3 is 0 Å². The number of piperidine rings is 1. The van der Waals surface area contributed by atoms with E-state index in [1.165, 1.54) is 38.5 Å². The number of rotatable bonds is 10. The van der Waals surface area contributed by atoms with Crippen molar-refractivity contribution in [3.05, 3.63) is 0 Å². The number of fused-ring (bicyclic) bond motifs is 1. The standard InChI is InChI=1S/C28H50N4O4/c1-19-27(36-18-30-19)17-35-26-9-8-22-15-32(11-10-20(22)13-26)16-25(33)14-29-28(34)21-4-2-7-24(12-21)31-23-5-3-6-23/h19-27,30-31,33H,2-18H2,1H3,(H,29,34)/t19?,20?,21?,22?,24?,25-,26?,27?/m0/s1. The van der Waals surface area contributed by atoms with E-state index in [1.807, 2.05) is 0 Å². The average molecular weight is 507 g/mol. The molecule has 5 fully saturated rings. The summed E-state index contributed by atoms with van der Waals surface area (Å²) in [6.07, 6.45) is 12.9. The quantitative estimate of drug-likeness (QED) is 0.360. The van der Waals surface area contributed by atoms with Gasteiger partial charge in [-0.05, 0) is 83.1 Å². The minimum atomic E-state index is -0.500. The first-order chi connectivity index (χ1) is 17.5. The molecule has 2 saturated heterocycles. The number of nitrogens with zero attached hydrogens (tertiary/aromatic N) is 1. The van der Waals surface area contributed by atoms with Gasteiger partial charge in [0.15, 0.2) is 0 Å². The SMILES string of the molecule is CC1NCOC1COC1CCC2CN(C[C@@H](O)CNC(=O)C3CCCC(NC4CCC4)C3)CCC2C1. The molecule has 5 aliphatic rings. The van der Waals surface area contributed by atoms with Gasteiger partial charge in [-0.2, -0.15) is 0 Å². The predicted octanol–water partition coefficient (Wildman–Crippen LogP) is 2.01. The average Bonchev–Trinajstić information content (AvgIpc) is 3.28. The summed E-state index contributed by atoms with van der Waals surface area (Å²) >= 11 is 0. The smallest absolute Gasteiger partial charge is 0.223 e. The third kappa shape index (κ3) is 7.20. The maximum Gasteiger partial charge on any atom is 0.223 e. The molecule has 8 atom stereocenters. The summed E-state index contributed by atoms with van der Waals surface area (Å²) in [6, 6.07) is 1.54. The van der Waals surface area contributed by atoms with Crippen molar-refractivity contribution in [3.63, 3.8) is 0 Å². The highest BCUT2D eigenvalue weighted by Crippen LogP contribution is 2.37. The van der Waals surface area contributed by atoms with Gasteiger partial charge < -0.3 is 30.1 Å². The van der Waals surface area contributed by atoms with Gasteiger partial charge in [-0.25, -0.2) is 0 Å². The van der Waals surface area contributed by atoms with Crippen LogP contribution in [0.3, 0.4) is 0 Å². The molecular weight excluding hydrogens is 456 g/mol. The molecule has 0 spiro atoms. The van der Waals surface area contributed by atoms with Crippen LogP contribution in [0, 0.1) is 17.8 Å². The number of ether oxygens (including phenoxy) is 2. The Kier molecular flexibility index (Phi) is 9.58. The van der Waals surface area contributed by atoms with E-state index in [0.29, 0.717) is 56.6 Å². The number of carbonyl (C=O) groups is 1. The predicted molar refractivity (Wildman–Crippen MR) is 140 cm³/mol. The lowest BCUT2D eigenvalue weighted by atomic mass is 9.74. The number of hydrogen-bond acceptors (Lipinski definition) is 7. The molecular formula is C28H50N4O4. The lowest BCUT2D eigenvalue weighted by Crippen LogP contribution is -2.49. The zero-order chi connectivity index (χ0) is 24.9. The van der Waals surface area contributed by atoms with Crippen molar-refractivity contribution in [3.8, 4) is 0 Å². The fourth-order valence-electron chi connectivity index (χ4n) is 7.16. The topological polar surface area (TPSA) is 95.1 Å². The van der Waals surface area contributed by atoms with E-state index in [1.54, 1.807) is 0 Å². The molecule has 3 aliphatic carbocycles. The van der Waals surface area contributed by atoms with Gasteiger partial charge in [-0.15, -0.1) is 0 Å². The zero-order valence-electron chi connectivity index (χ0n) is 22.3. The Balaban J connectivity index is 0.968. The van der Waals surface area contributed by atoms with Crippen molar-refractivity contribution in [1.29, 1.82) is 0 Å². The van der Waals surface area contributed by atoms with Gasteiger partial charge in [0.05, 0.1) is 31.6 Å². The summed E-state index contributed by atoms with van der Waals surface area (Å²) in [7, 11) is 0. The minimum Gasteiger partial charge on any atom is -0.390 e. The van der Waals surface area contributed by atoms with Crippen molar-refractivity contribution in [1.82, 2.24) is 20.9 Å². The molecule has 4 N–H and O–H groups in total. The van der Waals surface area contributed by atoms with Crippen LogP contribution >= 0.6 is 0 Å². The van der Waals surface area contributed by atoms with Gasteiger partial charge in [0.1, 0.15) is 0 Å². The first-order valence-electron chi connectivity index (χ1n) is 14.9. The van der Waals surface area contributed by atoms with E-state index in [2.05, 4.69) is 27.8 Å². The largest absolute Gasteiger partial charge is 0.390 e. The summed E-state index contributed by atoms with van der Waals surface area (Å²) in [5.74, 6) is 1.66. The number of likely N-dealkylation sites (tertiary alicyclic amines) is 1. The maximum absolute atomic E-state index is 12.8. The van der Waals surface area contributed by atoms with Crippen LogP contribution in [0.15, 0.2) is 0 Å². The van der Waals surface area contributed by atoms with Crippen LogP contribution in [0.1, 0.15) is 77.6 Å². The summed E-state index contributed by atoms with van der Waals surface area (Å²) in [4.78, 5) is 15.2. The second-order valence-corrected chi connectivity index (χ2v) is 12.4. The third-order valence-corrected chi connectivity index (χ3v) is 9.76. The van der Waals surface area contributed by atoms with Crippen molar-refractivity contribution < 1.29 is 19.4 Å². The van der Waals surface area contributed by atoms with Crippen LogP contribution in [-0.2, 0) is 14.3 Å². The summed E-state index contributed by atoms with van der Waals surface area (Å²) in [5.41, 5.74) is 0. The number of aliphatic hydroxyl groups excluding tert-OH is 1. The van der Waals surface area contributed by atoms with Crippen molar-refractivity contribution in [2.45, 2.75) is 114 Å². The van der Waals surface area contributed by atoms with E-state index in [4.69, 9.17) is 9.47 Å². The number of hydrogen-bond donors (Lipinski definition) is 4. The van der Waals surface area contributed by atoms with Crippen LogP contribution < -0.4 is 16.0 Å². The van der Waals surface area contributed by atoms with Gasteiger partial charge in [-0.3, -0.25) is 10.1 Å². The highest BCUT2D eigenvalue weighted by atomic mass is 16.5. The monoisotopic (exact) mass is 506 g/mol. The molecule has 206 valence electrons. The molecule has 2 aliphatic heterocycles. The number of β-amino-alcohol motifs (C(OH)–C–C–N with tert-alkyl or cyclic N) is 1. The van der Waals surface area contributed by atoms with Gasteiger partial charge in [0, 0.05) is 43.7 Å². The second-order valence-electron chi connectivity index (χ2n) is 12.4. The molecule has 5 rings (SSSR count).